The summed E-state index contributed by atoms with van der Waals surface area (Å²) in [7, 11) is 1.57. The van der Waals surface area contributed by atoms with Gasteiger partial charge in [-0.1, -0.05) is 18.2 Å². The molecule has 7 nitrogen and oxygen atoms in total. The van der Waals surface area contributed by atoms with Gasteiger partial charge in [0.25, 0.3) is 5.56 Å². The lowest BCUT2D eigenvalue weighted by Gasteiger charge is -2.26. The molecular weight excluding hydrogens is 301 g/mol. The molecule has 1 aromatic carbocycles. The van der Waals surface area contributed by atoms with Crippen LogP contribution in [0.1, 0.15) is 23.5 Å². The van der Waals surface area contributed by atoms with Gasteiger partial charge in [0.05, 0.1) is 5.56 Å². The molecule has 0 saturated heterocycles. The number of aromatic nitrogens is 4. The Balaban J connectivity index is 2.08. The molecule has 8 heteroatoms. The number of nitrogens with one attached hydrogen (secondary N) is 1. The molecule has 3 aromatic rings. The van der Waals surface area contributed by atoms with E-state index in [9.17, 15) is 14.0 Å². The van der Waals surface area contributed by atoms with E-state index in [0.29, 0.717) is 16.9 Å². The van der Waals surface area contributed by atoms with E-state index in [1.165, 1.54) is 21.5 Å². The summed E-state index contributed by atoms with van der Waals surface area (Å²) in [4.78, 5) is 28.8. The third-order valence-electron chi connectivity index (χ3n) is 4.11. The molecular formula is C15H12FN5O2. The molecule has 3 heterocycles. The van der Waals surface area contributed by atoms with Gasteiger partial charge in [-0.2, -0.15) is 14.6 Å². The van der Waals surface area contributed by atoms with E-state index >= 15 is 0 Å². The fourth-order valence-electron chi connectivity index (χ4n) is 3.04. The third kappa shape index (κ3) is 1.88. The molecule has 0 saturated carbocycles. The van der Waals surface area contributed by atoms with Gasteiger partial charge < -0.3 is 5.32 Å². The van der Waals surface area contributed by atoms with E-state index in [2.05, 4.69) is 15.4 Å². The van der Waals surface area contributed by atoms with E-state index in [1.807, 2.05) is 0 Å². The van der Waals surface area contributed by atoms with Crippen molar-refractivity contribution in [1.82, 2.24) is 19.2 Å². The molecule has 23 heavy (non-hydrogen) atoms. The number of hydrogen-bond donors (Lipinski definition) is 1. The molecule has 0 fully saturated rings. The number of anilines is 1. The van der Waals surface area contributed by atoms with Crippen LogP contribution in [-0.4, -0.2) is 25.1 Å². The predicted octanol–water partition coefficient (Wildman–Crippen LogP) is 1.04. The van der Waals surface area contributed by atoms with Gasteiger partial charge in [-0.3, -0.25) is 14.2 Å². The number of halogens is 1. The highest BCUT2D eigenvalue weighted by Gasteiger charge is 2.33. The topological polar surface area (TPSA) is 81.3 Å². The lowest BCUT2D eigenvalue weighted by atomic mass is 9.86. The van der Waals surface area contributed by atoms with E-state index in [0.717, 1.165) is 0 Å². The summed E-state index contributed by atoms with van der Waals surface area (Å²) in [6.07, 6.45) is 1.30. The molecule has 0 bridgehead atoms. The number of benzene rings is 1. The SMILES string of the molecule is Cn1c(=O)c2c(n3ncnc13)NC(=O)C[C@H]2c1ccccc1F. The molecule has 0 unspecified atom stereocenters. The average Bonchev–Trinajstić information content (AvgIpc) is 3.02. The maximum absolute atomic E-state index is 14.2. The minimum atomic E-state index is -0.660. The number of amides is 1. The van der Waals surface area contributed by atoms with Gasteiger partial charge in [0.1, 0.15) is 18.0 Å². The largest absolute Gasteiger partial charge is 0.310 e. The molecule has 1 amide bonds. The van der Waals surface area contributed by atoms with Crippen molar-refractivity contribution >= 4 is 17.5 Å². The summed E-state index contributed by atoms with van der Waals surface area (Å²) in [5.74, 6) is -0.838. The Morgan fingerprint density at radius 1 is 1.30 bits per heavy atom. The van der Waals surface area contributed by atoms with Crippen LogP contribution in [0.3, 0.4) is 0 Å². The fraction of sp³-hybridized carbons (Fsp3) is 0.200. The average molecular weight is 313 g/mol. The highest BCUT2D eigenvalue weighted by atomic mass is 19.1. The van der Waals surface area contributed by atoms with Crippen LogP contribution >= 0.6 is 0 Å². The summed E-state index contributed by atoms with van der Waals surface area (Å²) in [5.41, 5.74) is 0.309. The Bertz CT molecular complexity index is 1010. The van der Waals surface area contributed by atoms with Gasteiger partial charge in [0.2, 0.25) is 11.7 Å². The maximum Gasteiger partial charge on any atom is 0.260 e. The highest BCUT2D eigenvalue weighted by molar-refractivity contribution is 5.94. The second kappa shape index (κ2) is 4.73. The summed E-state index contributed by atoms with van der Waals surface area (Å²) in [6, 6.07) is 6.16. The lowest BCUT2D eigenvalue weighted by molar-refractivity contribution is -0.116. The molecule has 1 aliphatic heterocycles. The van der Waals surface area contributed by atoms with Crippen LogP contribution in [0.2, 0.25) is 0 Å². The van der Waals surface area contributed by atoms with E-state index in [1.54, 1.807) is 25.2 Å². The van der Waals surface area contributed by atoms with Gasteiger partial charge in [-0.05, 0) is 11.6 Å². The maximum atomic E-state index is 14.2. The van der Waals surface area contributed by atoms with Crippen molar-refractivity contribution < 1.29 is 9.18 Å². The minimum absolute atomic E-state index is 0.00335. The van der Waals surface area contributed by atoms with Gasteiger partial charge in [0, 0.05) is 19.4 Å². The minimum Gasteiger partial charge on any atom is -0.310 e. The second-order valence-electron chi connectivity index (χ2n) is 5.42. The Morgan fingerprint density at radius 2 is 2.09 bits per heavy atom. The van der Waals surface area contributed by atoms with Crippen LogP contribution in [0.25, 0.3) is 5.78 Å². The van der Waals surface area contributed by atoms with Crippen molar-refractivity contribution in [3.05, 3.63) is 57.9 Å². The van der Waals surface area contributed by atoms with Crippen molar-refractivity contribution in [2.24, 2.45) is 7.05 Å². The number of nitrogens with zero attached hydrogens (tertiary/aromatic N) is 4. The number of rotatable bonds is 1. The van der Waals surface area contributed by atoms with Gasteiger partial charge in [0.15, 0.2) is 0 Å². The molecule has 4 rings (SSSR count). The molecule has 1 atom stereocenters. The first-order valence-electron chi connectivity index (χ1n) is 7.05. The van der Waals surface area contributed by atoms with Gasteiger partial charge in [-0.15, -0.1) is 0 Å². The number of carbonyl (C=O) groups excluding carboxylic acids is 1. The van der Waals surface area contributed by atoms with Crippen LogP contribution in [0, 0.1) is 5.82 Å². The Labute approximate surface area is 129 Å². The monoisotopic (exact) mass is 313 g/mol. The quantitative estimate of drug-likeness (QED) is 0.728. The molecule has 2 aromatic heterocycles. The van der Waals surface area contributed by atoms with Crippen molar-refractivity contribution in [3.63, 3.8) is 0 Å². The zero-order valence-electron chi connectivity index (χ0n) is 12.2. The number of aryl methyl sites for hydroxylation is 1. The van der Waals surface area contributed by atoms with Crippen LogP contribution in [0.15, 0.2) is 35.4 Å². The normalized spacial score (nSPS) is 17.1. The predicted molar refractivity (Wildman–Crippen MR) is 79.7 cm³/mol. The van der Waals surface area contributed by atoms with Crippen molar-refractivity contribution in [2.45, 2.75) is 12.3 Å². The first-order chi connectivity index (χ1) is 11.1. The number of carbonyl (C=O) groups is 1. The van der Waals surface area contributed by atoms with Crippen LogP contribution in [0.4, 0.5) is 10.2 Å². The highest BCUT2D eigenvalue weighted by Crippen LogP contribution is 2.35. The zero-order chi connectivity index (χ0) is 16.1. The molecule has 0 aliphatic carbocycles. The lowest BCUT2D eigenvalue weighted by Crippen LogP contribution is -2.35. The Morgan fingerprint density at radius 3 is 2.87 bits per heavy atom. The number of fused-ring (bicyclic) bond motifs is 3. The molecule has 116 valence electrons. The zero-order valence-corrected chi connectivity index (χ0v) is 12.2. The standard InChI is InChI=1S/C15H12FN5O2/c1-20-14(23)12-9(8-4-2-3-5-10(8)16)6-11(22)19-13(12)21-15(20)17-7-18-21/h2-5,7,9H,6H2,1H3,(H,19,22)/t9-/m0/s1. The Kier molecular flexibility index (Phi) is 2.80. The fourth-order valence-corrected chi connectivity index (χ4v) is 3.04. The first kappa shape index (κ1) is 13.6. The molecule has 1 aliphatic rings. The summed E-state index contributed by atoms with van der Waals surface area (Å²) < 4.78 is 16.9. The summed E-state index contributed by atoms with van der Waals surface area (Å²) in [5, 5.41) is 6.72. The molecule has 0 radical (unpaired) electrons. The Hall–Kier alpha value is -3.03. The third-order valence-corrected chi connectivity index (χ3v) is 4.11. The van der Waals surface area contributed by atoms with E-state index in [4.69, 9.17) is 0 Å². The summed E-state index contributed by atoms with van der Waals surface area (Å²) >= 11 is 0. The van der Waals surface area contributed by atoms with E-state index < -0.39 is 11.7 Å². The van der Waals surface area contributed by atoms with Crippen LogP contribution in [-0.2, 0) is 11.8 Å². The van der Waals surface area contributed by atoms with Gasteiger partial charge in [-0.25, -0.2) is 4.39 Å². The van der Waals surface area contributed by atoms with E-state index in [-0.39, 0.29) is 23.7 Å². The van der Waals surface area contributed by atoms with Crippen molar-refractivity contribution in [3.8, 4) is 0 Å². The smallest absolute Gasteiger partial charge is 0.260 e. The van der Waals surface area contributed by atoms with Crippen molar-refractivity contribution in [2.75, 3.05) is 5.32 Å². The second-order valence-corrected chi connectivity index (χ2v) is 5.42. The number of hydrogen-bond acceptors (Lipinski definition) is 4. The van der Waals surface area contributed by atoms with Gasteiger partial charge >= 0.3 is 0 Å². The summed E-state index contributed by atoms with van der Waals surface area (Å²) in [6.45, 7) is 0. The van der Waals surface area contributed by atoms with Crippen LogP contribution in [0.5, 0.6) is 0 Å². The van der Waals surface area contributed by atoms with Crippen LogP contribution < -0.4 is 10.9 Å². The molecule has 0 spiro atoms. The first-order valence-corrected chi connectivity index (χ1v) is 7.05. The van der Waals surface area contributed by atoms with Crippen molar-refractivity contribution in [1.29, 1.82) is 0 Å². The molecule has 1 N–H and O–H groups in total.